The van der Waals surface area contributed by atoms with Crippen LogP contribution >= 0.6 is 11.3 Å². The molecule has 0 aliphatic carbocycles. The standard InChI is InChI=1S/C16H17N3O3S.C2H6/c1-8(17)7-18-14-13-9-3-6-12(20)19-10(9)4-5-11(13)23-15(14)16(21)22-2;1-2/h3-6,8,18H,7,17H2,1-2H3,(H,19,20);1-2H3/t8-;/m1./s1. The lowest BCUT2D eigenvalue weighted by atomic mass is 10.1. The van der Waals surface area contributed by atoms with E-state index >= 15 is 0 Å². The summed E-state index contributed by atoms with van der Waals surface area (Å²) in [6, 6.07) is 6.91. The van der Waals surface area contributed by atoms with E-state index in [1.807, 2.05) is 32.9 Å². The van der Waals surface area contributed by atoms with Gasteiger partial charge in [-0.1, -0.05) is 13.8 Å². The molecule has 4 N–H and O–H groups in total. The molecule has 0 aliphatic rings. The number of carbonyl (C=O) groups is 1. The van der Waals surface area contributed by atoms with Crippen molar-refractivity contribution in [1.82, 2.24) is 4.98 Å². The summed E-state index contributed by atoms with van der Waals surface area (Å²) in [5, 5.41) is 5.02. The van der Waals surface area contributed by atoms with E-state index in [4.69, 9.17) is 10.5 Å². The van der Waals surface area contributed by atoms with E-state index in [0.717, 1.165) is 21.0 Å². The van der Waals surface area contributed by atoms with Crippen molar-refractivity contribution in [2.45, 2.75) is 26.8 Å². The molecule has 0 radical (unpaired) electrons. The molecule has 6 nitrogen and oxygen atoms in total. The van der Waals surface area contributed by atoms with Gasteiger partial charge in [-0.15, -0.1) is 11.3 Å². The summed E-state index contributed by atoms with van der Waals surface area (Å²) in [4.78, 5) is 26.9. The lowest BCUT2D eigenvalue weighted by Gasteiger charge is -2.11. The number of nitrogens with two attached hydrogens (primary N) is 1. The largest absolute Gasteiger partial charge is 0.465 e. The van der Waals surface area contributed by atoms with Gasteiger partial charge in [0.2, 0.25) is 5.56 Å². The molecule has 0 bridgehead atoms. The molecule has 2 heterocycles. The number of ether oxygens (including phenoxy) is 1. The third-order valence-electron chi connectivity index (χ3n) is 3.53. The maximum Gasteiger partial charge on any atom is 0.350 e. The number of anilines is 1. The Balaban J connectivity index is 0.00000109. The van der Waals surface area contributed by atoms with Gasteiger partial charge in [0.15, 0.2) is 0 Å². The first-order valence-corrected chi connectivity index (χ1v) is 8.99. The smallest absolute Gasteiger partial charge is 0.350 e. The van der Waals surface area contributed by atoms with Crippen LogP contribution in [0.3, 0.4) is 0 Å². The first kappa shape index (κ1) is 19.0. The molecule has 7 heteroatoms. The zero-order valence-corrected chi connectivity index (χ0v) is 15.6. The highest BCUT2D eigenvalue weighted by molar-refractivity contribution is 7.21. The van der Waals surface area contributed by atoms with Gasteiger partial charge in [0.1, 0.15) is 4.88 Å². The number of carbonyl (C=O) groups excluding carboxylic acids is 1. The van der Waals surface area contributed by atoms with E-state index < -0.39 is 5.97 Å². The van der Waals surface area contributed by atoms with Crippen molar-refractivity contribution in [2.75, 3.05) is 19.0 Å². The minimum atomic E-state index is -0.393. The Morgan fingerprint density at radius 3 is 2.68 bits per heavy atom. The molecule has 25 heavy (non-hydrogen) atoms. The van der Waals surface area contributed by atoms with Crippen molar-refractivity contribution >= 4 is 44.0 Å². The topological polar surface area (TPSA) is 97.2 Å². The number of aromatic nitrogens is 1. The second kappa shape index (κ2) is 8.13. The molecular weight excluding hydrogens is 338 g/mol. The minimum Gasteiger partial charge on any atom is -0.465 e. The first-order chi connectivity index (χ1) is 12.0. The molecule has 1 atom stereocenters. The van der Waals surface area contributed by atoms with Gasteiger partial charge in [0, 0.05) is 39.6 Å². The SMILES string of the molecule is CC.COC(=O)c1sc2ccc3[nH]c(=O)ccc3c2c1NC[C@@H](C)N. The average molecular weight is 361 g/mol. The Kier molecular flexibility index (Phi) is 6.17. The van der Waals surface area contributed by atoms with Gasteiger partial charge >= 0.3 is 5.97 Å². The number of nitrogens with one attached hydrogen (secondary N) is 2. The average Bonchev–Trinajstić information content (AvgIpc) is 2.99. The molecule has 0 unspecified atom stereocenters. The number of aromatic amines is 1. The van der Waals surface area contributed by atoms with Crippen LogP contribution in [-0.2, 0) is 4.74 Å². The van der Waals surface area contributed by atoms with E-state index in [1.165, 1.54) is 24.5 Å². The number of pyridine rings is 1. The molecule has 0 amide bonds. The fourth-order valence-corrected chi connectivity index (χ4v) is 3.61. The van der Waals surface area contributed by atoms with Crippen molar-refractivity contribution in [3.63, 3.8) is 0 Å². The zero-order valence-electron chi connectivity index (χ0n) is 14.8. The molecule has 2 aromatic heterocycles. The van der Waals surface area contributed by atoms with E-state index in [1.54, 1.807) is 6.07 Å². The molecule has 1 aromatic carbocycles. The summed E-state index contributed by atoms with van der Waals surface area (Å²) >= 11 is 1.36. The van der Waals surface area contributed by atoms with Gasteiger partial charge in [-0.2, -0.15) is 0 Å². The van der Waals surface area contributed by atoms with Crippen molar-refractivity contribution in [1.29, 1.82) is 0 Å². The predicted molar refractivity (Wildman–Crippen MR) is 105 cm³/mol. The van der Waals surface area contributed by atoms with Crippen LogP contribution in [0.15, 0.2) is 29.1 Å². The Morgan fingerprint density at radius 1 is 1.32 bits per heavy atom. The normalized spacial score (nSPS) is 11.7. The van der Waals surface area contributed by atoms with Gasteiger partial charge < -0.3 is 20.8 Å². The monoisotopic (exact) mass is 361 g/mol. The predicted octanol–water partition coefficient (Wildman–Crippen LogP) is 3.31. The zero-order chi connectivity index (χ0) is 18.6. The number of hydrogen-bond donors (Lipinski definition) is 3. The first-order valence-electron chi connectivity index (χ1n) is 8.17. The Bertz CT molecular complexity index is 944. The molecule has 0 saturated carbocycles. The molecule has 3 aromatic rings. The highest BCUT2D eigenvalue weighted by atomic mass is 32.1. The third kappa shape index (κ3) is 3.83. The van der Waals surface area contributed by atoms with Gasteiger partial charge in [-0.05, 0) is 25.1 Å². The van der Waals surface area contributed by atoms with E-state index in [2.05, 4.69) is 10.3 Å². The number of fused-ring (bicyclic) bond motifs is 3. The quantitative estimate of drug-likeness (QED) is 0.619. The Hall–Kier alpha value is -2.38. The fraction of sp³-hybridized carbons (Fsp3) is 0.333. The number of hydrogen-bond acceptors (Lipinski definition) is 6. The van der Waals surface area contributed by atoms with Crippen LogP contribution in [0.25, 0.3) is 21.0 Å². The van der Waals surface area contributed by atoms with Gasteiger partial charge in [0.25, 0.3) is 0 Å². The van der Waals surface area contributed by atoms with Crippen LogP contribution in [0, 0.1) is 0 Å². The lowest BCUT2D eigenvalue weighted by molar-refractivity contribution is 0.0607. The van der Waals surface area contributed by atoms with Crippen LogP contribution in [0.4, 0.5) is 5.69 Å². The second-order valence-corrected chi connectivity index (χ2v) is 6.43. The summed E-state index contributed by atoms with van der Waals surface area (Å²) in [5.41, 5.74) is 7.09. The van der Waals surface area contributed by atoms with Gasteiger partial charge in [-0.3, -0.25) is 4.79 Å². The van der Waals surface area contributed by atoms with E-state index in [-0.39, 0.29) is 11.6 Å². The summed E-state index contributed by atoms with van der Waals surface area (Å²) < 4.78 is 5.83. The minimum absolute atomic E-state index is 0.0646. The highest BCUT2D eigenvalue weighted by Gasteiger charge is 2.21. The second-order valence-electron chi connectivity index (χ2n) is 5.38. The molecule has 0 spiro atoms. The molecule has 134 valence electrons. The van der Waals surface area contributed by atoms with Crippen LogP contribution in [-0.4, -0.2) is 30.6 Å². The number of thiophene rings is 1. The third-order valence-corrected chi connectivity index (χ3v) is 4.66. The fourth-order valence-electron chi connectivity index (χ4n) is 2.50. The summed E-state index contributed by atoms with van der Waals surface area (Å²) in [5.74, 6) is -0.393. The highest BCUT2D eigenvalue weighted by Crippen LogP contribution is 2.40. The summed E-state index contributed by atoms with van der Waals surface area (Å²) in [6.07, 6.45) is 0. The molecule has 0 aliphatic heterocycles. The number of esters is 1. The maximum absolute atomic E-state index is 12.1. The number of rotatable bonds is 4. The van der Waals surface area contributed by atoms with E-state index in [9.17, 15) is 9.59 Å². The number of benzene rings is 1. The van der Waals surface area contributed by atoms with Crippen molar-refractivity contribution in [3.8, 4) is 0 Å². The number of methoxy groups -OCH3 is 1. The summed E-state index contributed by atoms with van der Waals surface area (Å²) in [6.45, 7) is 6.41. The van der Waals surface area contributed by atoms with Crippen LogP contribution in [0.2, 0.25) is 0 Å². The Morgan fingerprint density at radius 2 is 2.04 bits per heavy atom. The maximum atomic E-state index is 12.1. The molecular formula is C18H23N3O3S. The summed E-state index contributed by atoms with van der Waals surface area (Å²) in [7, 11) is 1.36. The van der Waals surface area contributed by atoms with Crippen molar-refractivity contribution in [2.24, 2.45) is 5.73 Å². The number of H-pyrrole nitrogens is 1. The molecule has 0 saturated heterocycles. The van der Waals surface area contributed by atoms with Gasteiger partial charge in [0.05, 0.1) is 12.8 Å². The van der Waals surface area contributed by atoms with E-state index in [0.29, 0.717) is 17.1 Å². The Labute approximate surface area is 150 Å². The molecule has 0 fully saturated rings. The lowest BCUT2D eigenvalue weighted by Crippen LogP contribution is -2.25. The van der Waals surface area contributed by atoms with Crippen molar-refractivity contribution < 1.29 is 9.53 Å². The van der Waals surface area contributed by atoms with Gasteiger partial charge in [-0.25, -0.2) is 4.79 Å². The van der Waals surface area contributed by atoms with Crippen LogP contribution in [0.5, 0.6) is 0 Å². The van der Waals surface area contributed by atoms with Crippen LogP contribution in [0.1, 0.15) is 30.4 Å². The molecule has 3 rings (SSSR count). The van der Waals surface area contributed by atoms with Crippen LogP contribution < -0.4 is 16.6 Å². The van der Waals surface area contributed by atoms with Crippen molar-refractivity contribution in [3.05, 3.63) is 39.5 Å².